The zero-order chi connectivity index (χ0) is 15.6. The van der Waals surface area contributed by atoms with E-state index in [1.54, 1.807) is 11.7 Å². The Labute approximate surface area is 132 Å². The molecule has 0 radical (unpaired) electrons. The van der Waals surface area contributed by atoms with Crippen molar-refractivity contribution in [3.05, 3.63) is 45.2 Å². The minimum absolute atomic E-state index is 0.0645. The van der Waals surface area contributed by atoms with Crippen LogP contribution in [-0.4, -0.2) is 20.9 Å². The lowest BCUT2D eigenvalue weighted by Gasteiger charge is -2.11. The number of hydrogen-bond acceptors (Lipinski definition) is 3. The molecule has 0 aliphatic carbocycles. The second-order valence-electron chi connectivity index (χ2n) is 4.46. The average molecular weight is 329 g/mol. The molecule has 0 saturated carbocycles. The van der Waals surface area contributed by atoms with Crippen molar-refractivity contribution in [3.8, 4) is 5.75 Å². The van der Waals surface area contributed by atoms with E-state index in [0.29, 0.717) is 0 Å². The number of ether oxygens (including phenoxy) is 1. The molecule has 1 N–H and O–H groups in total. The molecule has 2 rings (SSSR count). The Morgan fingerprint density at radius 1 is 1.38 bits per heavy atom. The first-order chi connectivity index (χ1) is 9.92. The van der Waals surface area contributed by atoms with Crippen molar-refractivity contribution >= 4 is 29.2 Å². The Morgan fingerprint density at radius 3 is 2.67 bits per heavy atom. The molecule has 0 aliphatic rings. The maximum absolute atomic E-state index is 11.2. The van der Waals surface area contributed by atoms with Gasteiger partial charge < -0.3 is 9.84 Å². The molecule has 0 atom stereocenters. The predicted molar refractivity (Wildman–Crippen MR) is 80.3 cm³/mol. The van der Waals surface area contributed by atoms with Crippen LogP contribution in [0.2, 0.25) is 10.0 Å². The van der Waals surface area contributed by atoms with Crippen LogP contribution >= 0.6 is 23.2 Å². The molecule has 112 valence electrons. The molecule has 0 fully saturated rings. The average Bonchev–Trinajstić information content (AvgIpc) is 2.77. The van der Waals surface area contributed by atoms with Gasteiger partial charge >= 0.3 is 5.97 Å². The van der Waals surface area contributed by atoms with E-state index in [2.05, 4.69) is 5.10 Å². The fourth-order valence-corrected chi connectivity index (χ4v) is 2.44. The molecule has 0 saturated heterocycles. The summed E-state index contributed by atoms with van der Waals surface area (Å²) < 4.78 is 7.27. The Morgan fingerprint density at radius 2 is 2.10 bits per heavy atom. The summed E-state index contributed by atoms with van der Waals surface area (Å²) in [6.07, 6.45) is 0.815. The monoisotopic (exact) mass is 328 g/mol. The van der Waals surface area contributed by atoms with E-state index < -0.39 is 5.97 Å². The van der Waals surface area contributed by atoms with E-state index in [1.807, 2.05) is 13.0 Å². The molecule has 1 heterocycles. The number of carbonyl (C=O) groups is 1. The summed E-state index contributed by atoms with van der Waals surface area (Å²) >= 11 is 11.8. The summed E-state index contributed by atoms with van der Waals surface area (Å²) in [5.74, 6) is -1.04. The molecular weight excluding hydrogens is 315 g/mol. The minimum atomic E-state index is -1.14. The minimum Gasteiger partial charge on any atom is -0.485 e. The van der Waals surface area contributed by atoms with Crippen molar-refractivity contribution in [1.29, 1.82) is 0 Å². The molecule has 0 spiro atoms. The van der Waals surface area contributed by atoms with Crippen LogP contribution in [-0.2, 0) is 20.1 Å². The molecule has 21 heavy (non-hydrogen) atoms. The van der Waals surface area contributed by atoms with Gasteiger partial charge in [0.2, 0.25) is 0 Å². The van der Waals surface area contributed by atoms with E-state index in [9.17, 15) is 9.90 Å². The highest BCUT2D eigenvalue weighted by atomic mass is 35.5. The summed E-state index contributed by atoms with van der Waals surface area (Å²) in [4.78, 5) is 11.2. The smallest absolute Gasteiger partial charge is 0.339 e. The number of carboxylic acid groups (broad SMARTS) is 1. The van der Waals surface area contributed by atoms with Crippen molar-refractivity contribution < 1.29 is 14.6 Å². The molecule has 0 amide bonds. The normalized spacial score (nSPS) is 10.7. The molecular formula is C14H14Cl2N2O3. The first kappa shape index (κ1) is 15.7. The number of benzene rings is 1. The van der Waals surface area contributed by atoms with Gasteiger partial charge in [-0.1, -0.05) is 30.1 Å². The summed E-state index contributed by atoms with van der Waals surface area (Å²) in [7, 11) is 1.80. The standard InChI is InChI=1S/C14H14Cl2N2O3/c1-3-9-6-10(18(2)17-9)7-21-13-11(14(19)20)4-8(15)5-12(13)16/h4-6H,3,7H2,1-2H3,(H,19,20). The first-order valence-corrected chi connectivity index (χ1v) is 7.05. The Bertz CT molecular complexity index is 683. The highest BCUT2D eigenvalue weighted by molar-refractivity contribution is 6.36. The molecule has 1 aromatic carbocycles. The number of rotatable bonds is 5. The van der Waals surface area contributed by atoms with Gasteiger partial charge in [-0.05, 0) is 24.6 Å². The van der Waals surface area contributed by atoms with Crippen molar-refractivity contribution in [2.45, 2.75) is 20.0 Å². The van der Waals surface area contributed by atoms with Gasteiger partial charge in [-0.3, -0.25) is 4.68 Å². The van der Waals surface area contributed by atoms with Gasteiger partial charge in [0.15, 0.2) is 5.75 Å². The maximum atomic E-state index is 11.2. The maximum Gasteiger partial charge on any atom is 0.339 e. The second-order valence-corrected chi connectivity index (χ2v) is 5.31. The molecule has 0 aliphatic heterocycles. The van der Waals surface area contributed by atoms with E-state index in [4.69, 9.17) is 27.9 Å². The molecule has 2 aromatic rings. The Hall–Kier alpha value is -1.72. The van der Waals surface area contributed by atoms with E-state index in [-0.39, 0.29) is 28.0 Å². The Kier molecular flexibility index (Phi) is 4.75. The zero-order valence-corrected chi connectivity index (χ0v) is 13.1. The van der Waals surface area contributed by atoms with Crippen molar-refractivity contribution in [2.75, 3.05) is 0 Å². The first-order valence-electron chi connectivity index (χ1n) is 6.29. The van der Waals surface area contributed by atoms with Crippen molar-refractivity contribution in [3.63, 3.8) is 0 Å². The molecule has 5 nitrogen and oxygen atoms in total. The van der Waals surface area contributed by atoms with Crippen LogP contribution in [0.1, 0.15) is 28.7 Å². The van der Waals surface area contributed by atoms with Crippen LogP contribution in [0, 0.1) is 0 Å². The number of halogens is 2. The van der Waals surface area contributed by atoms with Gasteiger partial charge in [-0.15, -0.1) is 0 Å². The molecule has 1 aromatic heterocycles. The van der Waals surface area contributed by atoms with Crippen molar-refractivity contribution in [1.82, 2.24) is 9.78 Å². The van der Waals surface area contributed by atoms with Gasteiger partial charge in [-0.25, -0.2) is 4.79 Å². The second kappa shape index (κ2) is 6.37. The van der Waals surface area contributed by atoms with Crippen LogP contribution in [0.3, 0.4) is 0 Å². The van der Waals surface area contributed by atoms with Crippen LogP contribution in [0.25, 0.3) is 0 Å². The van der Waals surface area contributed by atoms with Crippen LogP contribution < -0.4 is 4.74 Å². The fourth-order valence-electron chi connectivity index (χ4n) is 1.89. The van der Waals surface area contributed by atoms with Crippen LogP contribution in [0.15, 0.2) is 18.2 Å². The van der Waals surface area contributed by atoms with E-state index in [0.717, 1.165) is 17.8 Å². The topological polar surface area (TPSA) is 64.3 Å². The SMILES string of the molecule is CCc1cc(COc2c(Cl)cc(Cl)cc2C(=O)O)n(C)n1. The quantitative estimate of drug-likeness (QED) is 0.911. The zero-order valence-electron chi connectivity index (χ0n) is 11.6. The lowest BCUT2D eigenvalue weighted by Crippen LogP contribution is -2.07. The van der Waals surface area contributed by atoms with Gasteiger partial charge in [0.1, 0.15) is 12.2 Å². The highest BCUT2D eigenvalue weighted by Crippen LogP contribution is 2.33. The largest absolute Gasteiger partial charge is 0.485 e. The van der Waals surface area contributed by atoms with E-state index in [1.165, 1.54) is 12.1 Å². The van der Waals surface area contributed by atoms with Crippen molar-refractivity contribution in [2.24, 2.45) is 7.05 Å². The lowest BCUT2D eigenvalue weighted by atomic mass is 10.2. The number of aryl methyl sites for hydroxylation is 2. The number of nitrogens with zero attached hydrogens (tertiary/aromatic N) is 2. The number of aromatic nitrogens is 2. The van der Waals surface area contributed by atoms with Gasteiger partial charge in [-0.2, -0.15) is 5.10 Å². The third-order valence-electron chi connectivity index (χ3n) is 2.99. The third kappa shape index (κ3) is 3.49. The van der Waals surface area contributed by atoms with Gasteiger partial charge in [0.25, 0.3) is 0 Å². The number of carboxylic acids is 1. The molecule has 7 heteroatoms. The number of aromatic carboxylic acids is 1. The molecule has 0 bridgehead atoms. The summed E-state index contributed by atoms with van der Waals surface area (Å²) in [5.41, 5.74) is 1.70. The molecule has 0 unspecified atom stereocenters. The van der Waals surface area contributed by atoms with Crippen LogP contribution in [0.5, 0.6) is 5.75 Å². The predicted octanol–water partition coefficient (Wildman–Crippen LogP) is 3.57. The summed E-state index contributed by atoms with van der Waals surface area (Å²) in [6, 6.07) is 4.67. The highest BCUT2D eigenvalue weighted by Gasteiger charge is 2.17. The summed E-state index contributed by atoms with van der Waals surface area (Å²) in [6.45, 7) is 2.18. The Balaban J connectivity index is 2.27. The van der Waals surface area contributed by atoms with E-state index >= 15 is 0 Å². The van der Waals surface area contributed by atoms with Crippen LogP contribution in [0.4, 0.5) is 0 Å². The number of hydrogen-bond donors (Lipinski definition) is 1. The third-order valence-corrected chi connectivity index (χ3v) is 3.49. The summed E-state index contributed by atoms with van der Waals surface area (Å²) in [5, 5.41) is 13.9. The fraction of sp³-hybridized carbons (Fsp3) is 0.286. The lowest BCUT2D eigenvalue weighted by molar-refractivity contribution is 0.0691. The van der Waals surface area contributed by atoms with Gasteiger partial charge in [0, 0.05) is 12.1 Å². The van der Waals surface area contributed by atoms with Gasteiger partial charge in [0.05, 0.1) is 16.4 Å².